The van der Waals surface area contributed by atoms with Crippen molar-refractivity contribution in [1.82, 2.24) is 4.57 Å². The number of rotatable bonds is 7. The molecule has 0 N–H and O–H groups in total. The first kappa shape index (κ1) is 27.1. The lowest BCUT2D eigenvalue weighted by Crippen LogP contribution is -2.40. The van der Waals surface area contributed by atoms with Crippen molar-refractivity contribution in [1.29, 1.82) is 0 Å². The van der Waals surface area contributed by atoms with Crippen LogP contribution in [0, 0.1) is 0 Å². The first-order valence-corrected chi connectivity index (χ1v) is 13.1. The summed E-state index contributed by atoms with van der Waals surface area (Å²) in [7, 11) is 1.45. The largest absolute Gasteiger partial charge is 0.493 e. The molecule has 1 atom stereocenters. The van der Waals surface area contributed by atoms with Crippen LogP contribution >= 0.6 is 11.3 Å². The van der Waals surface area contributed by atoms with E-state index in [2.05, 4.69) is 31.0 Å². The molecule has 0 spiro atoms. The van der Waals surface area contributed by atoms with Crippen molar-refractivity contribution in [2.75, 3.05) is 13.7 Å². The molecule has 4 rings (SSSR count). The number of methoxy groups -OCH3 is 1. The summed E-state index contributed by atoms with van der Waals surface area (Å²) in [5.41, 5.74) is 3.14. The van der Waals surface area contributed by atoms with Crippen molar-refractivity contribution >= 4 is 29.4 Å². The van der Waals surface area contributed by atoms with Gasteiger partial charge in [-0.3, -0.25) is 14.2 Å². The normalized spacial score (nSPS) is 15.2. The summed E-state index contributed by atoms with van der Waals surface area (Å²) in [4.78, 5) is 43.5. The second kappa shape index (κ2) is 11.2. The maximum Gasteiger partial charge on any atom is 0.338 e. The van der Waals surface area contributed by atoms with E-state index in [1.807, 2.05) is 18.2 Å². The van der Waals surface area contributed by atoms with Gasteiger partial charge < -0.3 is 14.2 Å². The molecule has 0 bridgehead atoms. The third kappa shape index (κ3) is 5.33. The Bertz CT molecular complexity index is 1600. The zero-order valence-corrected chi connectivity index (χ0v) is 23.0. The smallest absolute Gasteiger partial charge is 0.338 e. The third-order valence-corrected chi connectivity index (χ3v) is 7.16. The van der Waals surface area contributed by atoms with E-state index < -0.39 is 18.0 Å². The van der Waals surface area contributed by atoms with Crippen LogP contribution < -0.4 is 24.4 Å². The molecule has 2 aromatic carbocycles. The number of hydrogen-bond acceptors (Lipinski definition) is 8. The van der Waals surface area contributed by atoms with Crippen molar-refractivity contribution < 1.29 is 23.8 Å². The Hall–Kier alpha value is -3.98. The van der Waals surface area contributed by atoms with Crippen LogP contribution in [0.15, 0.2) is 63.5 Å². The van der Waals surface area contributed by atoms with Gasteiger partial charge in [-0.2, -0.15) is 0 Å². The van der Waals surface area contributed by atoms with E-state index in [1.165, 1.54) is 35.5 Å². The van der Waals surface area contributed by atoms with Gasteiger partial charge in [-0.15, -0.1) is 0 Å². The van der Waals surface area contributed by atoms with Gasteiger partial charge in [0.1, 0.15) is 0 Å². The quantitative estimate of drug-likeness (QED) is 0.338. The Kier molecular flexibility index (Phi) is 7.97. The van der Waals surface area contributed by atoms with E-state index >= 15 is 0 Å². The number of esters is 2. The average Bonchev–Trinajstić information content (AvgIpc) is 3.17. The molecule has 0 fully saturated rings. The molecule has 0 amide bonds. The van der Waals surface area contributed by atoms with E-state index in [0.717, 1.165) is 5.56 Å². The summed E-state index contributed by atoms with van der Waals surface area (Å²) in [6.07, 6.45) is 1.83. The molecule has 3 aromatic rings. The molecule has 2 heterocycles. The lowest BCUT2D eigenvalue weighted by Gasteiger charge is -2.25. The fourth-order valence-electron chi connectivity index (χ4n) is 4.33. The van der Waals surface area contributed by atoms with Crippen LogP contribution in [0.25, 0.3) is 6.08 Å². The van der Waals surface area contributed by atoms with Crippen LogP contribution in [0.3, 0.4) is 0 Å². The lowest BCUT2D eigenvalue weighted by molar-refractivity contribution is -0.139. The average molecular weight is 535 g/mol. The van der Waals surface area contributed by atoms with Crippen molar-refractivity contribution in [3.05, 3.63) is 90.1 Å². The monoisotopic (exact) mass is 534 g/mol. The number of carbonyl (C=O) groups is 2. The number of ether oxygens (including phenoxy) is 3. The summed E-state index contributed by atoms with van der Waals surface area (Å²) >= 11 is 1.26. The number of hydrogen-bond donors (Lipinski definition) is 0. The maximum atomic E-state index is 13.8. The number of benzene rings is 2. The van der Waals surface area contributed by atoms with Crippen LogP contribution in [0.1, 0.15) is 63.3 Å². The summed E-state index contributed by atoms with van der Waals surface area (Å²) in [6.45, 7) is 9.18. The Morgan fingerprint density at radius 3 is 2.45 bits per heavy atom. The van der Waals surface area contributed by atoms with E-state index in [-0.39, 0.29) is 23.5 Å². The minimum Gasteiger partial charge on any atom is -0.493 e. The van der Waals surface area contributed by atoms with E-state index in [9.17, 15) is 14.4 Å². The highest BCUT2D eigenvalue weighted by molar-refractivity contribution is 7.07. The second-order valence-corrected chi connectivity index (χ2v) is 10.1. The van der Waals surface area contributed by atoms with Gasteiger partial charge in [0.25, 0.3) is 5.56 Å². The van der Waals surface area contributed by atoms with E-state index in [1.54, 1.807) is 32.0 Å². The molecule has 198 valence electrons. The SMILES string of the molecule is CCOC(=O)C1=C(C)N=c2s/c(=C\c3ccc(C(C)C)cc3)c(=O)n2C1c1ccc(OC(C)=O)c(OC)c1. The fourth-order valence-corrected chi connectivity index (χ4v) is 5.38. The molecule has 38 heavy (non-hydrogen) atoms. The molecule has 8 nitrogen and oxygen atoms in total. The zero-order chi connectivity index (χ0) is 27.6. The standard InChI is InChI=1S/C29H30N2O6S/c1-7-36-28(34)25-17(4)30-29-31(26(25)21-12-13-22(37-18(5)32)23(15-21)35-6)27(33)24(38-29)14-19-8-10-20(11-9-19)16(2)3/h8-16,26H,7H2,1-6H3/b24-14-. The van der Waals surface area contributed by atoms with E-state index in [4.69, 9.17) is 14.2 Å². The predicted molar refractivity (Wildman–Crippen MR) is 145 cm³/mol. The molecule has 1 aliphatic heterocycles. The van der Waals surface area contributed by atoms with Gasteiger partial charge in [0, 0.05) is 6.92 Å². The molecule has 0 aliphatic carbocycles. The molecule has 0 saturated heterocycles. The number of thiazole rings is 1. The summed E-state index contributed by atoms with van der Waals surface area (Å²) in [5.74, 6) is -0.112. The third-order valence-electron chi connectivity index (χ3n) is 6.18. The Labute approximate surface area is 224 Å². The Morgan fingerprint density at radius 2 is 1.84 bits per heavy atom. The minimum absolute atomic E-state index is 0.174. The van der Waals surface area contributed by atoms with Crippen LogP contribution in [-0.4, -0.2) is 30.2 Å². The van der Waals surface area contributed by atoms with Gasteiger partial charge in [0.2, 0.25) is 0 Å². The first-order valence-electron chi connectivity index (χ1n) is 12.3. The highest BCUT2D eigenvalue weighted by Gasteiger charge is 2.34. The molecule has 0 radical (unpaired) electrons. The number of fused-ring (bicyclic) bond motifs is 1. The van der Waals surface area contributed by atoms with Crippen LogP contribution in [0.2, 0.25) is 0 Å². The number of allylic oxidation sites excluding steroid dienone is 1. The van der Waals surface area contributed by atoms with Gasteiger partial charge in [0.15, 0.2) is 16.3 Å². The van der Waals surface area contributed by atoms with Gasteiger partial charge in [-0.05, 0) is 54.7 Å². The van der Waals surface area contributed by atoms with E-state index in [0.29, 0.717) is 32.3 Å². The highest BCUT2D eigenvalue weighted by atomic mass is 32.1. The lowest BCUT2D eigenvalue weighted by atomic mass is 9.95. The van der Waals surface area contributed by atoms with Crippen LogP contribution in [0.5, 0.6) is 11.5 Å². The summed E-state index contributed by atoms with van der Waals surface area (Å²) in [5, 5.41) is 0. The molecular weight excluding hydrogens is 504 g/mol. The second-order valence-electron chi connectivity index (χ2n) is 9.13. The zero-order valence-electron chi connectivity index (χ0n) is 22.2. The van der Waals surface area contributed by atoms with Crippen LogP contribution in [0.4, 0.5) is 0 Å². The van der Waals surface area contributed by atoms with Crippen molar-refractivity contribution in [3.8, 4) is 11.5 Å². The van der Waals surface area contributed by atoms with Gasteiger partial charge in [-0.25, -0.2) is 9.79 Å². The first-order chi connectivity index (χ1) is 18.1. The molecule has 1 unspecified atom stereocenters. The fraction of sp³-hybridized carbons (Fsp3) is 0.310. The molecule has 9 heteroatoms. The Morgan fingerprint density at radius 1 is 1.13 bits per heavy atom. The summed E-state index contributed by atoms with van der Waals surface area (Å²) < 4.78 is 18.0. The van der Waals surface area contributed by atoms with Gasteiger partial charge >= 0.3 is 11.9 Å². The summed E-state index contributed by atoms with van der Waals surface area (Å²) in [6, 6.07) is 12.2. The predicted octanol–water partition coefficient (Wildman–Crippen LogP) is 3.86. The van der Waals surface area contributed by atoms with Crippen molar-refractivity contribution in [3.63, 3.8) is 0 Å². The van der Waals surface area contributed by atoms with Crippen molar-refractivity contribution in [2.45, 2.75) is 46.6 Å². The topological polar surface area (TPSA) is 96.2 Å². The van der Waals surface area contributed by atoms with Gasteiger partial charge in [0.05, 0.1) is 35.6 Å². The molecule has 1 aromatic heterocycles. The number of aromatic nitrogens is 1. The van der Waals surface area contributed by atoms with Crippen molar-refractivity contribution in [2.24, 2.45) is 4.99 Å². The molecule has 1 aliphatic rings. The maximum absolute atomic E-state index is 13.8. The highest BCUT2D eigenvalue weighted by Crippen LogP contribution is 2.36. The Balaban J connectivity index is 1.91. The van der Waals surface area contributed by atoms with Crippen LogP contribution in [-0.2, 0) is 14.3 Å². The molecular formula is C29H30N2O6S. The molecule has 0 saturated carbocycles. The number of carbonyl (C=O) groups excluding carboxylic acids is 2. The van der Waals surface area contributed by atoms with Gasteiger partial charge in [-0.1, -0.05) is 55.5 Å². The minimum atomic E-state index is -0.809. The number of nitrogens with zero attached hydrogens (tertiary/aromatic N) is 2.